The van der Waals surface area contributed by atoms with E-state index in [1.165, 1.54) is 11.8 Å². The van der Waals surface area contributed by atoms with E-state index in [-0.39, 0.29) is 31.8 Å². The first-order chi connectivity index (χ1) is 21.6. The molecule has 0 saturated heterocycles. The SMILES string of the molecule is CSCCC(NC(=O)C(N)Cc1ccccc1)C(=O)NC(Cc1c[nH]c2ccccc12)C(=O)NC(CCCN=C(N)N)C(=O)O. The van der Waals surface area contributed by atoms with E-state index in [4.69, 9.17) is 17.2 Å². The van der Waals surface area contributed by atoms with Crippen molar-refractivity contribution in [3.8, 4) is 0 Å². The normalized spacial score (nSPS) is 13.6. The lowest BCUT2D eigenvalue weighted by molar-refractivity contribution is -0.142. The van der Waals surface area contributed by atoms with Crippen LogP contribution in [0, 0.1) is 0 Å². The summed E-state index contributed by atoms with van der Waals surface area (Å²) in [5.41, 5.74) is 19.3. The van der Waals surface area contributed by atoms with Gasteiger partial charge in [0.15, 0.2) is 5.96 Å². The average molecular weight is 639 g/mol. The summed E-state index contributed by atoms with van der Waals surface area (Å²) in [6.07, 6.45) is 4.65. The first-order valence-corrected chi connectivity index (χ1v) is 16.0. The van der Waals surface area contributed by atoms with Crippen LogP contribution in [0.2, 0.25) is 0 Å². The van der Waals surface area contributed by atoms with Gasteiger partial charge in [0.2, 0.25) is 17.7 Å². The number of carbonyl (C=O) groups is 4. The molecule has 0 saturated carbocycles. The summed E-state index contributed by atoms with van der Waals surface area (Å²) < 4.78 is 0. The Hall–Kier alpha value is -4.56. The first-order valence-electron chi connectivity index (χ1n) is 14.6. The summed E-state index contributed by atoms with van der Waals surface area (Å²) in [6, 6.07) is 12.6. The second-order valence-corrected chi connectivity index (χ2v) is 11.6. The molecule has 2 aromatic carbocycles. The number of aromatic amines is 1. The summed E-state index contributed by atoms with van der Waals surface area (Å²) in [5.74, 6) is -2.55. The number of para-hydroxylation sites is 1. The molecule has 0 spiro atoms. The Labute approximate surface area is 266 Å². The largest absolute Gasteiger partial charge is 0.480 e. The van der Waals surface area contributed by atoms with Gasteiger partial charge in [-0.3, -0.25) is 19.4 Å². The minimum Gasteiger partial charge on any atom is -0.480 e. The zero-order valence-corrected chi connectivity index (χ0v) is 26.0. The Morgan fingerprint density at radius 2 is 1.51 bits per heavy atom. The summed E-state index contributed by atoms with van der Waals surface area (Å²) in [6.45, 7) is 0.195. The van der Waals surface area contributed by atoms with Crippen molar-refractivity contribution < 1.29 is 24.3 Å². The van der Waals surface area contributed by atoms with Gasteiger partial charge in [-0.1, -0.05) is 48.5 Å². The first kappa shape index (κ1) is 34.9. The number of aliphatic carboxylic acids is 1. The smallest absolute Gasteiger partial charge is 0.326 e. The van der Waals surface area contributed by atoms with E-state index in [9.17, 15) is 24.3 Å². The molecule has 0 bridgehead atoms. The number of carboxylic acids is 1. The maximum Gasteiger partial charge on any atom is 0.326 e. The molecular formula is C31H42N8O5S. The Balaban J connectivity index is 1.79. The molecule has 1 heterocycles. The molecule has 13 nitrogen and oxygen atoms in total. The maximum atomic E-state index is 13.6. The van der Waals surface area contributed by atoms with Crippen LogP contribution < -0.4 is 33.2 Å². The predicted octanol–water partition coefficient (Wildman–Crippen LogP) is 0.626. The molecule has 0 radical (unpaired) electrons. The lowest BCUT2D eigenvalue weighted by Gasteiger charge is -2.25. The number of hydrogen-bond donors (Lipinski definition) is 8. The van der Waals surface area contributed by atoms with Crippen molar-refractivity contribution in [3.63, 3.8) is 0 Å². The highest BCUT2D eigenvalue weighted by atomic mass is 32.2. The zero-order valence-electron chi connectivity index (χ0n) is 25.2. The van der Waals surface area contributed by atoms with Crippen LogP contribution in [0.25, 0.3) is 10.9 Å². The van der Waals surface area contributed by atoms with Crippen LogP contribution in [0.15, 0.2) is 65.8 Å². The number of nitrogens with two attached hydrogens (primary N) is 3. The third-order valence-corrected chi connectivity index (χ3v) is 7.81. The lowest BCUT2D eigenvalue weighted by Crippen LogP contribution is -2.57. The molecule has 0 fully saturated rings. The number of thioether (sulfide) groups is 1. The Bertz CT molecular complexity index is 1460. The van der Waals surface area contributed by atoms with Gasteiger partial charge in [-0.15, -0.1) is 0 Å². The fourth-order valence-electron chi connectivity index (χ4n) is 4.78. The number of nitrogens with zero attached hydrogens (tertiary/aromatic N) is 1. The summed E-state index contributed by atoms with van der Waals surface area (Å²) in [5, 5.41) is 18.7. The molecule has 1 aromatic heterocycles. The third kappa shape index (κ3) is 11.1. The minimum absolute atomic E-state index is 0.0668. The average Bonchev–Trinajstić information content (AvgIpc) is 3.42. The minimum atomic E-state index is -1.24. The van der Waals surface area contributed by atoms with Gasteiger partial charge in [0, 0.05) is 30.1 Å². The Morgan fingerprint density at radius 3 is 2.20 bits per heavy atom. The van der Waals surface area contributed by atoms with Gasteiger partial charge in [0.05, 0.1) is 6.04 Å². The van der Waals surface area contributed by atoms with Gasteiger partial charge in [0.25, 0.3) is 0 Å². The number of aromatic nitrogens is 1. The highest BCUT2D eigenvalue weighted by molar-refractivity contribution is 7.98. The molecule has 0 aliphatic rings. The van der Waals surface area contributed by atoms with Crippen molar-refractivity contribution in [3.05, 3.63) is 71.9 Å². The fraction of sp³-hybridized carbons (Fsp3) is 0.387. The van der Waals surface area contributed by atoms with Crippen LogP contribution in [0.1, 0.15) is 30.4 Å². The van der Waals surface area contributed by atoms with Gasteiger partial charge < -0.3 is 43.2 Å². The molecule has 3 amide bonds. The third-order valence-electron chi connectivity index (χ3n) is 7.17. The molecule has 14 heteroatoms. The number of hydrogen-bond acceptors (Lipinski definition) is 7. The van der Waals surface area contributed by atoms with Crippen LogP contribution in [-0.4, -0.2) is 82.5 Å². The van der Waals surface area contributed by atoms with Crippen LogP contribution >= 0.6 is 11.8 Å². The Morgan fingerprint density at radius 1 is 0.867 bits per heavy atom. The van der Waals surface area contributed by atoms with Crippen LogP contribution in [0.5, 0.6) is 0 Å². The quantitative estimate of drug-likeness (QED) is 0.0554. The predicted molar refractivity (Wildman–Crippen MR) is 176 cm³/mol. The second-order valence-electron chi connectivity index (χ2n) is 10.6. The molecule has 4 unspecified atom stereocenters. The van der Waals surface area contributed by atoms with Gasteiger partial charge in [-0.25, -0.2) is 4.79 Å². The molecular weight excluding hydrogens is 596 g/mol. The van der Waals surface area contributed by atoms with E-state index in [0.29, 0.717) is 18.6 Å². The van der Waals surface area contributed by atoms with Crippen molar-refractivity contribution in [2.75, 3.05) is 18.6 Å². The van der Waals surface area contributed by atoms with E-state index in [1.807, 2.05) is 60.9 Å². The number of aliphatic imine (C=N–C) groups is 1. The summed E-state index contributed by atoms with van der Waals surface area (Å²) in [4.78, 5) is 59.3. The topological polar surface area (TPSA) is 231 Å². The van der Waals surface area contributed by atoms with E-state index < -0.39 is 47.9 Å². The molecule has 3 rings (SSSR count). The molecule has 45 heavy (non-hydrogen) atoms. The molecule has 242 valence electrons. The molecule has 0 aliphatic heterocycles. The maximum absolute atomic E-state index is 13.6. The van der Waals surface area contributed by atoms with E-state index in [0.717, 1.165) is 22.0 Å². The standard InChI is InChI=1S/C31H42N8O5S/c1-45-15-13-24(37-27(40)22(32)16-19-8-3-2-4-9-19)28(41)39-26(17-20-18-36-23-11-6-5-10-21(20)23)29(42)38-25(30(43)44)12-7-14-35-31(33)34/h2-6,8-11,18,22,24-26,36H,7,12-17,32H2,1H3,(H,37,40)(H,38,42)(H,39,41)(H,43,44)(H4,33,34,35). The number of H-pyrrole nitrogens is 1. The van der Waals surface area contributed by atoms with Crippen molar-refractivity contribution in [2.45, 2.75) is 56.3 Å². The number of nitrogens with one attached hydrogen (secondary N) is 4. The number of carbonyl (C=O) groups excluding carboxylic acids is 3. The fourth-order valence-corrected chi connectivity index (χ4v) is 5.25. The van der Waals surface area contributed by atoms with Gasteiger partial charge in [0.1, 0.15) is 18.1 Å². The number of benzene rings is 2. The number of carboxylic acid groups (broad SMARTS) is 1. The number of guanidine groups is 1. The molecule has 4 atom stereocenters. The summed E-state index contributed by atoms with van der Waals surface area (Å²) >= 11 is 1.50. The van der Waals surface area contributed by atoms with Gasteiger partial charge in [-0.05, 0) is 54.9 Å². The van der Waals surface area contributed by atoms with Crippen LogP contribution in [-0.2, 0) is 32.0 Å². The monoisotopic (exact) mass is 638 g/mol. The zero-order chi connectivity index (χ0) is 32.8. The van der Waals surface area contributed by atoms with E-state index in [1.54, 1.807) is 6.20 Å². The highest BCUT2D eigenvalue weighted by Crippen LogP contribution is 2.19. The van der Waals surface area contributed by atoms with Crippen molar-refractivity contribution in [1.29, 1.82) is 0 Å². The number of amides is 3. The molecule has 11 N–H and O–H groups in total. The highest BCUT2D eigenvalue weighted by Gasteiger charge is 2.31. The van der Waals surface area contributed by atoms with Crippen molar-refractivity contribution in [1.82, 2.24) is 20.9 Å². The van der Waals surface area contributed by atoms with Crippen LogP contribution in [0.4, 0.5) is 0 Å². The second kappa shape index (κ2) is 17.7. The van der Waals surface area contributed by atoms with E-state index >= 15 is 0 Å². The molecule has 3 aromatic rings. The number of rotatable bonds is 18. The van der Waals surface area contributed by atoms with Gasteiger partial charge >= 0.3 is 5.97 Å². The van der Waals surface area contributed by atoms with Crippen LogP contribution in [0.3, 0.4) is 0 Å². The lowest BCUT2D eigenvalue weighted by atomic mass is 10.0. The molecule has 0 aliphatic carbocycles. The van der Waals surface area contributed by atoms with E-state index in [2.05, 4.69) is 25.9 Å². The Kier molecular flexibility index (Phi) is 13.7. The number of fused-ring (bicyclic) bond motifs is 1. The van der Waals surface area contributed by atoms with Crippen molar-refractivity contribution in [2.24, 2.45) is 22.2 Å². The van der Waals surface area contributed by atoms with Crippen molar-refractivity contribution >= 4 is 52.3 Å². The van der Waals surface area contributed by atoms with Gasteiger partial charge in [-0.2, -0.15) is 11.8 Å². The summed E-state index contributed by atoms with van der Waals surface area (Å²) in [7, 11) is 0.